The van der Waals surface area contributed by atoms with E-state index in [1.807, 2.05) is 0 Å². The molecule has 0 aromatic heterocycles. The highest BCUT2D eigenvalue weighted by Gasteiger charge is 2.45. The molecule has 1 heterocycles. The van der Waals surface area contributed by atoms with Crippen LogP contribution in [-0.4, -0.2) is 107 Å². The summed E-state index contributed by atoms with van der Waals surface area (Å²) < 4.78 is 22.4. The van der Waals surface area contributed by atoms with Gasteiger partial charge in [0.25, 0.3) is 0 Å². The van der Waals surface area contributed by atoms with Crippen LogP contribution in [0.4, 0.5) is 10.5 Å². The molecule has 410 valence electrons. The summed E-state index contributed by atoms with van der Waals surface area (Å²) >= 11 is 0. The molecule has 0 aliphatic carbocycles. The summed E-state index contributed by atoms with van der Waals surface area (Å²) in [7, 11) is 1.48. The van der Waals surface area contributed by atoms with Gasteiger partial charge in [-0.2, -0.15) is 0 Å². The largest absolute Gasteiger partial charge is 0.495 e. The fourth-order valence-electron chi connectivity index (χ4n) is 9.73. The highest BCUT2D eigenvalue weighted by molar-refractivity contribution is 5.86. The van der Waals surface area contributed by atoms with Gasteiger partial charge in [0.05, 0.1) is 37.7 Å². The van der Waals surface area contributed by atoms with E-state index in [1.165, 1.54) is 200 Å². The van der Waals surface area contributed by atoms with Gasteiger partial charge >= 0.3 is 6.09 Å². The lowest BCUT2D eigenvalue weighted by molar-refractivity contribution is -0.302. The second-order valence-corrected chi connectivity index (χ2v) is 20.7. The lowest BCUT2D eigenvalue weighted by Crippen LogP contribution is -2.60. The van der Waals surface area contributed by atoms with Gasteiger partial charge in [-0.15, -0.1) is 0 Å². The molecule has 1 aromatic rings. The highest BCUT2D eigenvalue weighted by Crippen LogP contribution is 2.26. The van der Waals surface area contributed by atoms with E-state index in [0.29, 0.717) is 24.4 Å². The number of ether oxygens (including phenoxy) is 4. The van der Waals surface area contributed by atoms with Crippen molar-refractivity contribution >= 4 is 11.8 Å². The molecule has 1 aliphatic heterocycles. The molecule has 1 saturated heterocycles. The Labute approximate surface area is 427 Å². The average molecular weight is 994 g/mol. The number of carbonyl (C=O) groups is 1. The van der Waals surface area contributed by atoms with Crippen LogP contribution in [0.25, 0.3) is 0 Å². The van der Waals surface area contributed by atoms with Gasteiger partial charge in [0.1, 0.15) is 36.8 Å². The smallest absolute Gasteiger partial charge is 0.411 e. The number of para-hydroxylation sites is 2. The van der Waals surface area contributed by atoms with E-state index >= 15 is 0 Å². The zero-order valence-electron chi connectivity index (χ0n) is 45.0. The zero-order chi connectivity index (χ0) is 50.7. The molecule has 0 radical (unpaired) electrons. The SMILES string of the molecule is CCCCCCCCCCCCCCCCCCCCCCCCCCN[C@@H](CO[C@H]1O[C@H](COC(=O)Nc2ccccc2OC)[C@H](O)[C@H](O)[C@H]1O)[C@H](O)[C@H](O)CCCCCCCCCCCCCC. The number of aliphatic hydroxyl groups is 5. The van der Waals surface area contributed by atoms with Crippen molar-refractivity contribution in [2.24, 2.45) is 0 Å². The summed E-state index contributed by atoms with van der Waals surface area (Å²) in [6.07, 6.45) is 36.8. The Morgan fingerprint density at radius 2 is 0.986 bits per heavy atom. The Morgan fingerprint density at radius 3 is 1.43 bits per heavy atom. The standard InChI is InChI=1S/C58H108N2O10/c1-4-6-8-10-12-14-16-18-19-20-21-22-23-24-25-26-27-28-29-31-33-35-37-41-45-59-49(53(62)50(61)43-38-36-34-32-30-17-15-13-11-9-7-5-2)46-68-57-56(65)55(64)54(63)52(70-57)47-69-58(66)60-48-42-39-40-44-51(48)67-3/h39-40,42,44,49-50,52-57,59,61-65H,4-38,41,43,45-47H2,1-3H3,(H,60,66)/t49-,50+,52+,53-,54-,55-,56+,57-/m0/s1. The van der Waals surface area contributed by atoms with Crippen molar-refractivity contribution in [3.05, 3.63) is 24.3 Å². The molecule has 7 N–H and O–H groups in total. The van der Waals surface area contributed by atoms with Crippen molar-refractivity contribution < 1.29 is 49.3 Å². The van der Waals surface area contributed by atoms with E-state index in [4.69, 9.17) is 18.9 Å². The number of amides is 1. The fourth-order valence-corrected chi connectivity index (χ4v) is 9.73. The van der Waals surface area contributed by atoms with Crippen LogP contribution in [0.5, 0.6) is 5.75 Å². The van der Waals surface area contributed by atoms with E-state index in [-0.39, 0.29) is 6.61 Å². The van der Waals surface area contributed by atoms with Crippen molar-refractivity contribution in [3.63, 3.8) is 0 Å². The Morgan fingerprint density at radius 1 is 0.571 bits per heavy atom. The van der Waals surface area contributed by atoms with Gasteiger partial charge in [0.15, 0.2) is 6.29 Å². The molecule has 8 atom stereocenters. The number of benzene rings is 1. The molecule has 1 amide bonds. The van der Waals surface area contributed by atoms with Gasteiger partial charge < -0.3 is 49.8 Å². The van der Waals surface area contributed by atoms with Crippen LogP contribution in [0.15, 0.2) is 24.3 Å². The molecule has 0 bridgehead atoms. The molecule has 2 rings (SSSR count). The third-order valence-electron chi connectivity index (χ3n) is 14.4. The predicted octanol–water partition coefficient (Wildman–Crippen LogP) is 13.2. The van der Waals surface area contributed by atoms with Crippen LogP contribution in [0, 0.1) is 0 Å². The van der Waals surface area contributed by atoms with Crippen LogP contribution in [0.1, 0.15) is 251 Å². The topological polar surface area (TPSA) is 179 Å². The summed E-state index contributed by atoms with van der Waals surface area (Å²) in [5.41, 5.74) is 0.390. The maximum atomic E-state index is 12.6. The predicted molar refractivity (Wildman–Crippen MR) is 287 cm³/mol. The van der Waals surface area contributed by atoms with Crippen LogP contribution in [0.2, 0.25) is 0 Å². The molecule has 1 aromatic carbocycles. The number of nitrogens with one attached hydrogen (secondary N) is 2. The molecule has 0 spiro atoms. The summed E-state index contributed by atoms with van der Waals surface area (Å²) in [5, 5.41) is 60.8. The van der Waals surface area contributed by atoms with Crippen molar-refractivity contribution in [1.82, 2.24) is 5.32 Å². The lowest BCUT2D eigenvalue weighted by Gasteiger charge is -2.40. The molecular formula is C58H108N2O10. The van der Waals surface area contributed by atoms with Gasteiger partial charge in [-0.05, 0) is 31.5 Å². The van der Waals surface area contributed by atoms with Crippen LogP contribution in [-0.2, 0) is 14.2 Å². The van der Waals surface area contributed by atoms with Crippen LogP contribution < -0.4 is 15.4 Å². The summed E-state index contributed by atoms with van der Waals surface area (Å²) in [6, 6.07) is 6.14. The second kappa shape index (κ2) is 44.5. The van der Waals surface area contributed by atoms with E-state index in [0.717, 1.165) is 38.5 Å². The van der Waals surface area contributed by atoms with Gasteiger partial charge in [0.2, 0.25) is 0 Å². The van der Waals surface area contributed by atoms with E-state index in [9.17, 15) is 30.3 Å². The minimum Gasteiger partial charge on any atom is -0.495 e. The minimum absolute atomic E-state index is 0.136. The van der Waals surface area contributed by atoms with Crippen molar-refractivity contribution in [3.8, 4) is 5.75 Å². The zero-order valence-corrected chi connectivity index (χ0v) is 45.0. The Balaban J connectivity index is 1.70. The maximum absolute atomic E-state index is 12.6. The number of unbranched alkanes of at least 4 members (excludes halogenated alkanes) is 34. The minimum atomic E-state index is -1.64. The number of aliphatic hydroxyl groups excluding tert-OH is 5. The quantitative estimate of drug-likeness (QED) is 0.0309. The number of hydrogen-bond acceptors (Lipinski definition) is 11. The monoisotopic (exact) mass is 993 g/mol. The lowest BCUT2D eigenvalue weighted by atomic mass is 9.98. The van der Waals surface area contributed by atoms with Gasteiger partial charge in [-0.25, -0.2) is 4.79 Å². The van der Waals surface area contributed by atoms with Crippen LogP contribution >= 0.6 is 0 Å². The average Bonchev–Trinajstić information content (AvgIpc) is 3.36. The molecule has 0 unspecified atom stereocenters. The molecular weight excluding hydrogens is 885 g/mol. The molecule has 1 fully saturated rings. The van der Waals surface area contributed by atoms with E-state index < -0.39 is 61.7 Å². The third kappa shape index (κ3) is 31.5. The Hall–Kier alpha value is -2.03. The molecule has 12 nitrogen and oxygen atoms in total. The number of rotatable bonds is 48. The van der Waals surface area contributed by atoms with Gasteiger partial charge in [0, 0.05) is 0 Å². The Bertz CT molecular complexity index is 1330. The van der Waals surface area contributed by atoms with Gasteiger partial charge in [-0.3, -0.25) is 5.32 Å². The number of hydrogen-bond donors (Lipinski definition) is 7. The first-order valence-electron chi connectivity index (χ1n) is 29.2. The first kappa shape index (κ1) is 64.1. The fraction of sp³-hybridized carbons (Fsp3) is 0.879. The number of anilines is 1. The molecule has 12 heteroatoms. The summed E-state index contributed by atoms with van der Waals surface area (Å²) in [5.74, 6) is 0.436. The highest BCUT2D eigenvalue weighted by atomic mass is 16.7. The van der Waals surface area contributed by atoms with E-state index in [1.54, 1.807) is 24.3 Å². The normalized spacial score (nSPS) is 19.5. The molecule has 0 saturated carbocycles. The molecule has 70 heavy (non-hydrogen) atoms. The van der Waals surface area contributed by atoms with Crippen LogP contribution in [0.3, 0.4) is 0 Å². The second-order valence-electron chi connectivity index (χ2n) is 20.7. The van der Waals surface area contributed by atoms with Gasteiger partial charge in [-0.1, -0.05) is 251 Å². The first-order valence-corrected chi connectivity index (χ1v) is 29.2. The number of carbonyl (C=O) groups excluding carboxylic acids is 1. The molecule has 1 aliphatic rings. The first-order chi connectivity index (χ1) is 34.2. The summed E-state index contributed by atoms with van der Waals surface area (Å²) in [4.78, 5) is 12.6. The Kier molecular flexibility index (Phi) is 40.7. The van der Waals surface area contributed by atoms with Crippen molar-refractivity contribution in [2.75, 3.05) is 32.2 Å². The van der Waals surface area contributed by atoms with Crippen molar-refractivity contribution in [2.45, 2.75) is 300 Å². The number of methoxy groups -OCH3 is 1. The van der Waals surface area contributed by atoms with E-state index in [2.05, 4.69) is 24.5 Å². The maximum Gasteiger partial charge on any atom is 0.411 e. The van der Waals surface area contributed by atoms with Crippen molar-refractivity contribution in [1.29, 1.82) is 0 Å². The summed E-state index contributed by atoms with van der Waals surface area (Å²) in [6.45, 7) is 4.58. The third-order valence-corrected chi connectivity index (χ3v) is 14.4.